The number of esters is 1. The molecular formula is C31H28N2O2S. The largest absolute Gasteiger partial charge is 0.457 e. The van der Waals surface area contributed by atoms with Crippen LogP contribution in [0, 0.1) is 22.7 Å². The minimum absolute atomic E-state index is 0.0502. The molecule has 2 heterocycles. The number of hydrogen-bond donors (Lipinski definition) is 0. The van der Waals surface area contributed by atoms with Crippen molar-refractivity contribution >= 4 is 39.9 Å². The highest BCUT2D eigenvalue weighted by atomic mass is 32.1. The number of rotatable bonds is 4. The van der Waals surface area contributed by atoms with Crippen LogP contribution in [0.4, 0.5) is 0 Å². The van der Waals surface area contributed by atoms with Gasteiger partial charge in [-0.15, -0.1) is 11.3 Å². The summed E-state index contributed by atoms with van der Waals surface area (Å²) < 4.78 is 5.86. The van der Waals surface area contributed by atoms with Crippen molar-refractivity contribution in [3.05, 3.63) is 98.9 Å². The molecule has 5 rings (SSSR count). The number of carbonyl (C=O) groups excluding carboxylic acids is 1. The summed E-state index contributed by atoms with van der Waals surface area (Å²) in [4.78, 5) is 20.0. The molecule has 0 saturated carbocycles. The summed E-state index contributed by atoms with van der Waals surface area (Å²) in [6.07, 6.45) is 3.89. The molecule has 4 nitrogen and oxygen atoms in total. The lowest BCUT2D eigenvalue weighted by Crippen LogP contribution is -2.28. The second-order valence-corrected chi connectivity index (χ2v) is 11.3. The summed E-state index contributed by atoms with van der Waals surface area (Å²) in [6, 6.07) is 21.4. The molecule has 2 aromatic heterocycles. The van der Waals surface area contributed by atoms with Crippen LogP contribution in [0.3, 0.4) is 0 Å². The molecule has 0 fully saturated rings. The van der Waals surface area contributed by atoms with Gasteiger partial charge in [0.2, 0.25) is 0 Å². The van der Waals surface area contributed by atoms with E-state index in [0.29, 0.717) is 22.6 Å². The molecule has 4 aromatic rings. The van der Waals surface area contributed by atoms with Crippen molar-refractivity contribution in [3.8, 4) is 6.07 Å². The van der Waals surface area contributed by atoms with Crippen LogP contribution in [-0.4, -0.2) is 11.0 Å². The van der Waals surface area contributed by atoms with E-state index in [1.165, 1.54) is 4.88 Å². The highest BCUT2D eigenvalue weighted by molar-refractivity contribution is 7.10. The molecule has 1 aliphatic rings. The van der Waals surface area contributed by atoms with E-state index in [-0.39, 0.29) is 18.0 Å². The highest BCUT2D eigenvalue weighted by Gasteiger charge is 2.35. The Morgan fingerprint density at radius 2 is 1.89 bits per heavy atom. The first-order valence-electron chi connectivity index (χ1n) is 12.2. The maximum absolute atomic E-state index is 13.7. The van der Waals surface area contributed by atoms with Crippen LogP contribution in [0.15, 0.2) is 66.0 Å². The van der Waals surface area contributed by atoms with Crippen LogP contribution in [0.25, 0.3) is 22.6 Å². The first-order chi connectivity index (χ1) is 17.3. The lowest BCUT2D eigenvalue weighted by atomic mass is 9.69. The number of carbonyl (C=O) groups is 1. The Morgan fingerprint density at radius 1 is 1.11 bits per heavy atom. The van der Waals surface area contributed by atoms with Crippen molar-refractivity contribution in [2.45, 2.75) is 40.2 Å². The quantitative estimate of drug-likeness (QED) is 0.274. The topological polar surface area (TPSA) is 63.0 Å². The Balaban J connectivity index is 1.64. The van der Waals surface area contributed by atoms with Gasteiger partial charge >= 0.3 is 5.97 Å². The molecule has 1 atom stereocenters. The number of allylic oxidation sites excluding steroid dienone is 1. The predicted molar refractivity (Wildman–Crippen MR) is 145 cm³/mol. The number of thiophene rings is 1. The Bertz CT molecular complexity index is 1500. The maximum Gasteiger partial charge on any atom is 0.339 e. The van der Waals surface area contributed by atoms with Gasteiger partial charge in [0.1, 0.15) is 6.61 Å². The molecule has 0 bridgehead atoms. The number of nitrogens with zero attached hydrogens (tertiary/aromatic N) is 2. The number of nitriles is 1. The SMILES string of the molecule is CC(C)(C)C1CC(=Cc2cccs2)c2nc3ccccc3c(C(=O)OCc3ccccc3C#N)c2C1. The average molecular weight is 493 g/mol. The van der Waals surface area contributed by atoms with Crippen molar-refractivity contribution in [2.75, 3.05) is 0 Å². The molecule has 1 aliphatic carbocycles. The summed E-state index contributed by atoms with van der Waals surface area (Å²) >= 11 is 1.70. The van der Waals surface area contributed by atoms with Gasteiger partial charge in [-0.2, -0.15) is 5.26 Å². The van der Waals surface area contributed by atoms with Gasteiger partial charge in [-0.3, -0.25) is 0 Å². The van der Waals surface area contributed by atoms with E-state index in [9.17, 15) is 10.1 Å². The van der Waals surface area contributed by atoms with Gasteiger partial charge in [0.25, 0.3) is 0 Å². The third-order valence-electron chi connectivity index (χ3n) is 7.00. The second-order valence-electron chi connectivity index (χ2n) is 10.3. The Labute approximate surface area is 215 Å². The molecule has 5 heteroatoms. The third kappa shape index (κ3) is 4.69. The molecular weight excluding hydrogens is 464 g/mol. The monoisotopic (exact) mass is 492 g/mol. The lowest BCUT2D eigenvalue weighted by Gasteiger charge is -2.36. The van der Waals surface area contributed by atoms with Crippen LogP contribution in [0.1, 0.15) is 64.8 Å². The molecule has 0 aliphatic heterocycles. The minimum atomic E-state index is -0.373. The maximum atomic E-state index is 13.7. The average Bonchev–Trinajstić information content (AvgIpc) is 3.38. The van der Waals surface area contributed by atoms with E-state index < -0.39 is 0 Å². The zero-order valence-electron chi connectivity index (χ0n) is 20.7. The number of para-hydroxylation sites is 1. The van der Waals surface area contributed by atoms with Gasteiger partial charge in [0.05, 0.1) is 28.4 Å². The molecule has 2 aromatic carbocycles. The van der Waals surface area contributed by atoms with Gasteiger partial charge in [0.15, 0.2) is 0 Å². The predicted octanol–water partition coefficient (Wildman–Crippen LogP) is 7.67. The first kappa shape index (κ1) is 24.0. The molecule has 1 unspecified atom stereocenters. The number of fused-ring (bicyclic) bond motifs is 2. The van der Waals surface area contributed by atoms with E-state index >= 15 is 0 Å². The zero-order valence-corrected chi connectivity index (χ0v) is 21.6. The minimum Gasteiger partial charge on any atom is -0.457 e. The number of ether oxygens (including phenoxy) is 1. The normalized spacial score (nSPS) is 16.5. The van der Waals surface area contributed by atoms with Crippen molar-refractivity contribution in [1.82, 2.24) is 4.98 Å². The van der Waals surface area contributed by atoms with Gasteiger partial charge in [-0.25, -0.2) is 9.78 Å². The molecule has 0 spiro atoms. The fourth-order valence-electron chi connectivity index (χ4n) is 4.89. The second kappa shape index (κ2) is 9.72. The summed E-state index contributed by atoms with van der Waals surface area (Å²) in [7, 11) is 0. The van der Waals surface area contributed by atoms with E-state index in [2.05, 4.69) is 50.4 Å². The van der Waals surface area contributed by atoms with Gasteiger partial charge in [-0.05, 0) is 65.0 Å². The van der Waals surface area contributed by atoms with E-state index in [4.69, 9.17) is 9.72 Å². The molecule has 180 valence electrons. The molecule has 0 saturated heterocycles. The molecule has 0 radical (unpaired) electrons. The van der Waals surface area contributed by atoms with Crippen LogP contribution in [-0.2, 0) is 17.8 Å². The van der Waals surface area contributed by atoms with Crippen LogP contribution in [0.5, 0.6) is 0 Å². The third-order valence-corrected chi connectivity index (χ3v) is 7.82. The Kier molecular flexibility index (Phi) is 6.47. The number of hydrogen-bond acceptors (Lipinski definition) is 5. The Morgan fingerprint density at radius 3 is 2.64 bits per heavy atom. The first-order valence-corrected chi connectivity index (χ1v) is 13.0. The van der Waals surface area contributed by atoms with Gasteiger partial charge in [0, 0.05) is 15.8 Å². The molecule has 0 amide bonds. The standard InChI is InChI=1S/C31H28N2O2S/c1-31(2,3)23-15-22(16-24-11-8-14-36-24)29-26(17-23)28(25-12-6-7-13-27(25)33-29)30(34)35-19-21-10-5-4-9-20(21)18-32/h4-14,16,23H,15,17,19H2,1-3H3. The van der Waals surface area contributed by atoms with Crippen LogP contribution >= 0.6 is 11.3 Å². The van der Waals surface area contributed by atoms with Crippen molar-refractivity contribution in [3.63, 3.8) is 0 Å². The van der Waals surface area contributed by atoms with E-state index in [1.54, 1.807) is 17.4 Å². The van der Waals surface area contributed by atoms with Crippen molar-refractivity contribution < 1.29 is 9.53 Å². The van der Waals surface area contributed by atoms with Crippen LogP contribution < -0.4 is 0 Å². The van der Waals surface area contributed by atoms with Gasteiger partial charge < -0.3 is 4.74 Å². The Hall–Kier alpha value is -3.75. The summed E-state index contributed by atoms with van der Waals surface area (Å²) in [5, 5.41) is 12.3. The van der Waals surface area contributed by atoms with E-state index in [1.807, 2.05) is 42.5 Å². The fraction of sp³-hybridized carbons (Fsp3) is 0.258. The molecule has 36 heavy (non-hydrogen) atoms. The van der Waals surface area contributed by atoms with Crippen LogP contribution in [0.2, 0.25) is 0 Å². The van der Waals surface area contributed by atoms with Gasteiger partial charge in [-0.1, -0.05) is 63.2 Å². The summed E-state index contributed by atoms with van der Waals surface area (Å²) in [6.45, 7) is 6.83. The highest BCUT2D eigenvalue weighted by Crippen LogP contribution is 2.45. The fourth-order valence-corrected chi connectivity index (χ4v) is 5.57. The summed E-state index contributed by atoms with van der Waals surface area (Å²) in [5.41, 5.74) is 5.67. The lowest BCUT2D eigenvalue weighted by molar-refractivity contribution is 0.0472. The summed E-state index contributed by atoms with van der Waals surface area (Å²) in [5.74, 6) is -0.0207. The zero-order chi connectivity index (χ0) is 25.3. The molecule has 0 N–H and O–H groups in total. The number of pyridine rings is 1. The number of aromatic nitrogens is 1. The smallest absolute Gasteiger partial charge is 0.339 e. The number of benzene rings is 2. The van der Waals surface area contributed by atoms with Crippen molar-refractivity contribution in [1.29, 1.82) is 5.26 Å². The van der Waals surface area contributed by atoms with Crippen molar-refractivity contribution in [2.24, 2.45) is 11.3 Å². The van der Waals surface area contributed by atoms with E-state index in [0.717, 1.165) is 40.6 Å².